The third kappa shape index (κ3) is 3.94. The summed E-state index contributed by atoms with van der Waals surface area (Å²) in [6, 6.07) is 0. The van der Waals surface area contributed by atoms with Gasteiger partial charge in [-0.3, -0.25) is 4.79 Å². The molecule has 0 aliphatic carbocycles. The number of piperidine rings is 1. The molecule has 2 atom stereocenters. The van der Waals surface area contributed by atoms with Crippen molar-refractivity contribution < 1.29 is 9.53 Å². The predicted molar refractivity (Wildman–Crippen MR) is 67.7 cm³/mol. The average molecular weight is 243 g/mol. The summed E-state index contributed by atoms with van der Waals surface area (Å²) >= 11 is 0. The zero-order valence-electron chi connectivity index (χ0n) is 11.2. The molecule has 1 rings (SSSR count). The van der Waals surface area contributed by atoms with Crippen molar-refractivity contribution in [1.29, 1.82) is 0 Å². The number of hydrogen-bond acceptors (Lipinski definition) is 4. The van der Waals surface area contributed by atoms with Crippen LogP contribution >= 0.6 is 0 Å². The van der Waals surface area contributed by atoms with E-state index in [9.17, 15) is 4.79 Å². The highest BCUT2D eigenvalue weighted by Crippen LogP contribution is 2.18. The van der Waals surface area contributed by atoms with Crippen LogP contribution in [0.5, 0.6) is 0 Å². The Morgan fingerprint density at radius 1 is 1.65 bits per heavy atom. The van der Waals surface area contributed by atoms with Crippen LogP contribution in [0.4, 0.5) is 0 Å². The summed E-state index contributed by atoms with van der Waals surface area (Å²) in [7, 11) is 3.52. The van der Waals surface area contributed by atoms with Crippen molar-refractivity contribution in [3.05, 3.63) is 0 Å². The fraction of sp³-hybridized carbons (Fsp3) is 0.917. The Balaban J connectivity index is 2.52. The zero-order valence-corrected chi connectivity index (χ0v) is 11.2. The predicted octanol–water partition coefficient (Wildman–Crippen LogP) is -0.192. The van der Waals surface area contributed by atoms with Crippen molar-refractivity contribution in [3.8, 4) is 0 Å². The maximum Gasteiger partial charge on any atom is 0.238 e. The summed E-state index contributed by atoms with van der Waals surface area (Å²) in [4.78, 5) is 13.7. The molecule has 1 fully saturated rings. The number of hydrogen-bond donors (Lipinski definition) is 2. The minimum absolute atomic E-state index is 0.297. The number of methoxy groups -OCH3 is 1. The van der Waals surface area contributed by atoms with Gasteiger partial charge in [-0.1, -0.05) is 0 Å². The van der Waals surface area contributed by atoms with Gasteiger partial charge in [0.05, 0.1) is 6.61 Å². The first-order chi connectivity index (χ1) is 8.01. The van der Waals surface area contributed by atoms with Gasteiger partial charge in [0.1, 0.15) is 5.54 Å². The van der Waals surface area contributed by atoms with Crippen LogP contribution < -0.4 is 11.1 Å². The van der Waals surface area contributed by atoms with Crippen molar-refractivity contribution in [2.75, 3.05) is 40.4 Å². The molecular formula is C12H25N3O2. The lowest BCUT2D eigenvalue weighted by Crippen LogP contribution is -2.59. The van der Waals surface area contributed by atoms with E-state index < -0.39 is 5.54 Å². The minimum atomic E-state index is -0.644. The SMILES string of the molecule is CNC(C)(CN1CCCC(COC)C1)C(N)=O. The molecule has 100 valence electrons. The Hall–Kier alpha value is -0.650. The summed E-state index contributed by atoms with van der Waals surface area (Å²) in [6.07, 6.45) is 2.36. The highest BCUT2D eigenvalue weighted by Gasteiger charge is 2.33. The molecule has 2 unspecified atom stereocenters. The highest BCUT2D eigenvalue weighted by atomic mass is 16.5. The molecule has 5 nitrogen and oxygen atoms in total. The van der Waals surface area contributed by atoms with Gasteiger partial charge in [0.2, 0.25) is 5.91 Å². The van der Waals surface area contributed by atoms with E-state index in [1.807, 2.05) is 6.92 Å². The number of amides is 1. The molecule has 1 heterocycles. The van der Waals surface area contributed by atoms with Crippen LogP contribution in [-0.4, -0.2) is 56.7 Å². The third-order valence-electron chi connectivity index (χ3n) is 3.64. The quantitative estimate of drug-likeness (QED) is 0.678. The fourth-order valence-electron chi connectivity index (χ4n) is 2.39. The maximum absolute atomic E-state index is 11.4. The molecule has 0 bridgehead atoms. The van der Waals surface area contributed by atoms with Crippen molar-refractivity contribution in [2.45, 2.75) is 25.3 Å². The van der Waals surface area contributed by atoms with E-state index in [-0.39, 0.29) is 5.91 Å². The van der Waals surface area contributed by atoms with Crippen LogP contribution in [-0.2, 0) is 9.53 Å². The van der Waals surface area contributed by atoms with Gasteiger partial charge in [-0.25, -0.2) is 0 Å². The number of nitrogens with one attached hydrogen (secondary N) is 1. The van der Waals surface area contributed by atoms with E-state index in [0.717, 1.165) is 26.1 Å². The van der Waals surface area contributed by atoms with Crippen molar-refractivity contribution >= 4 is 5.91 Å². The molecule has 1 amide bonds. The standard InChI is InChI=1S/C12H25N3O2/c1-12(14-2,11(13)16)9-15-6-4-5-10(7-15)8-17-3/h10,14H,4-9H2,1-3H3,(H2,13,16). The maximum atomic E-state index is 11.4. The number of carbonyl (C=O) groups is 1. The van der Waals surface area contributed by atoms with Crippen LogP contribution in [0.2, 0.25) is 0 Å². The smallest absolute Gasteiger partial charge is 0.238 e. The Labute approximate surface area is 104 Å². The lowest BCUT2D eigenvalue weighted by Gasteiger charge is -2.37. The van der Waals surface area contributed by atoms with E-state index in [4.69, 9.17) is 10.5 Å². The molecule has 0 saturated carbocycles. The number of likely N-dealkylation sites (tertiary alicyclic amines) is 1. The second-order valence-corrected chi connectivity index (χ2v) is 5.15. The van der Waals surface area contributed by atoms with Gasteiger partial charge in [0.25, 0.3) is 0 Å². The Morgan fingerprint density at radius 2 is 2.35 bits per heavy atom. The average Bonchev–Trinajstić information content (AvgIpc) is 2.29. The van der Waals surface area contributed by atoms with Gasteiger partial charge in [-0.05, 0) is 39.3 Å². The molecule has 0 aromatic carbocycles. The Kier molecular flexibility index (Phi) is 5.36. The lowest BCUT2D eigenvalue weighted by molar-refractivity contribution is -0.124. The topological polar surface area (TPSA) is 67.6 Å². The molecule has 1 aliphatic heterocycles. The molecule has 1 aliphatic rings. The van der Waals surface area contributed by atoms with Crippen molar-refractivity contribution in [3.63, 3.8) is 0 Å². The minimum Gasteiger partial charge on any atom is -0.384 e. The monoisotopic (exact) mass is 243 g/mol. The van der Waals surface area contributed by atoms with Crippen LogP contribution in [0.3, 0.4) is 0 Å². The lowest BCUT2D eigenvalue weighted by atomic mass is 9.95. The first-order valence-corrected chi connectivity index (χ1v) is 6.22. The zero-order chi connectivity index (χ0) is 12.9. The normalized spacial score (nSPS) is 25.5. The summed E-state index contributed by atoms with van der Waals surface area (Å²) in [5.74, 6) is 0.275. The van der Waals surface area contributed by atoms with Crippen LogP contribution in [0.1, 0.15) is 19.8 Å². The van der Waals surface area contributed by atoms with E-state index in [1.54, 1.807) is 14.2 Å². The van der Waals surface area contributed by atoms with Crippen molar-refractivity contribution in [1.82, 2.24) is 10.2 Å². The molecule has 0 aromatic rings. The number of ether oxygens (including phenoxy) is 1. The van der Waals surface area contributed by atoms with E-state index in [0.29, 0.717) is 12.5 Å². The number of likely N-dealkylation sites (N-methyl/N-ethyl adjacent to an activating group) is 1. The number of primary amides is 1. The summed E-state index contributed by atoms with van der Waals surface area (Å²) < 4.78 is 5.20. The fourth-order valence-corrected chi connectivity index (χ4v) is 2.39. The second kappa shape index (κ2) is 6.33. The third-order valence-corrected chi connectivity index (χ3v) is 3.64. The van der Waals surface area contributed by atoms with Crippen LogP contribution in [0.15, 0.2) is 0 Å². The number of carbonyl (C=O) groups excluding carboxylic acids is 1. The van der Waals surface area contributed by atoms with Crippen LogP contribution in [0, 0.1) is 5.92 Å². The first-order valence-electron chi connectivity index (χ1n) is 6.22. The molecule has 0 aromatic heterocycles. The van der Waals surface area contributed by atoms with E-state index in [1.165, 1.54) is 6.42 Å². The second-order valence-electron chi connectivity index (χ2n) is 5.15. The number of nitrogens with two attached hydrogens (primary N) is 1. The molecule has 0 spiro atoms. The summed E-state index contributed by atoms with van der Waals surface area (Å²) in [5.41, 5.74) is 4.80. The van der Waals surface area contributed by atoms with E-state index in [2.05, 4.69) is 10.2 Å². The Bertz CT molecular complexity index is 258. The molecule has 17 heavy (non-hydrogen) atoms. The van der Waals surface area contributed by atoms with Crippen LogP contribution in [0.25, 0.3) is 0 Å². The molecule has 5 heteroatoms. The van der Waals surface area contributed by atoms with E-state index >= 15 is 0 Å². The number of rotatable bonds is 6. The van der Waals surface area contributed by atoms with Gasteiger partial charge >= 0.3 is 0 Å². The van der Waals surface area contributed by atoms with Gasteiger partial charge < -0.3 is 20.7 Å². The summed E-state index contributed by atoms with van der Waals surface area (Å²) in [5, 5.41) is 3.02. The van der Waals surface area contributed by atoms with Gasteiger partial charge in [0.15, 0.2) is 0 Å². The first kappa shape index (κ1) is 14.4. The van der Waals surface area contributed by atoms with Crippen molar-refractivity contribution in [2.24, 2.45) is 11.7 Å². The Morgan fingerprint density at radius 3 is 2.88 bits per heavy atom. The molecule has 3 N–H and O–H groups in total. The molecular weight excluding hydrogens is 218 g/mol. The summed E-state index contributed by atoms with van der Waals surface area (Å²) in [6.45, 7) is 5.33. The number of nitrogens with zero attached hydrogens (tertiary/aromatic N) is 1. The molecule has 0 radical (unpaired) electrons. The van der Waals surface area contributed by atoms with Gasteiger partial charge in [-0.2, -0.15) is 0 Å². The highest BCUT2D eigenvalue weighted by molar-refractivity contribution is 5.84. The largest absolute Gasteiger partial charge is 0.384 e. The van der Waals surface area contributed by atoms with Gasteiger partial charge in [-0.15, -0.1) is 0 Å². The molecule has 1 saturated heterocycles. The van der Waals surface area contributed by atoms with Gasteiger partial charge in [0, 0.05) is 20.2 Å².